The molecule has 0 unspecified atom stereocenters. The van der Waals surface area contributed by atoms with Gasteiger partial charge in [-0.15, -0.1) is 6.58 Å². The number of ether oxygens (including phenoxy) is 2. The number of hydrogen-bond donors (Lipinski definition) is 3. The van der Waals surface area contributed by atoms with E-state index in [1.165, 1.54) is 18.2 Å². The Balaban J connectivity index is 0. The van der Waals surface area contributed by atoms with Gasteiger partial charge in [0.15, 0.2) is 0 Å². The van der Waals surface area contributed by atoms with Crippen LogP contribution in [0, 0.1) is 20.2 Å². The molecule has 0 atom stereocenters. The molecule has 0 fully saturated rings. The van der Waals surface area contributed by atoms with Gasteiger partial charge in [-0.1, -0.05) is 47.3 Å². The first-order valence-corrected chi connectivity index (χ1v) is 15.2. The van der Waals surface area contributed by atoms with Crippen molar-refractivity contribution in [2.75, 3.05) is 30.9 Å². The van der Waals surface area contributed by atoms with Gasteiger partial charge in [0.1, 0.15) is 30.5 Å². The summed E-state index contributed by atoms with van der Waals surface area (Å²) in [6.07, 6.45) is -9.22. The Morgan fingerprint density at radius 1 is 0.698 bits per heavy atom. The van der Waals surface area contributed by atoms with Crippen molar-refractivity contribution in [3.63, 3.8) is 0 Å². The van der Waals surface area contributed by atoms with Gasteiger partial charge in [0.2, 0.25) is 0 Å². The number of aliphatic hydroxyl groups excluding tert-OH is 1. The number of non-ortho nitro benzene ring substituents is 2. The lowest BCUT2D eigenvalue weighted by molar-refractivity contribution is -0.385. The average Bonchev–Trinajstić information content (AvgIpc) is 3.05. The van der Waals surface area contributed by atoms with Gasteiger partial charge in [0, 0.05) is 35.8 Å². The number of benzene rings is 3. The van der Waals surface area contributed by atoms with E-state index >= 15 is 0 Å². The van der Waals surface area contributed by atoms with Gasteiger partial charge >= 0.3 is 18.5 Å². The maximum atomic E-state index is 12.4. The number of phenolic OH excluding ortho intramolecular Hbond substituents is 1. The Bertz CT molecular complexity index is 1640. The third kappa shape index (κ3) is 21.6. The topological polar surface area (TPSA) is 171 Å². The normalized spacial score (nSPS) is 10.5. The van der Waals surface area contributed by atoms with Crippen molar-refractivity contribution in [2.24, 2.45) is 0 Å². The molecule has 0 heterocycles. The molecule has 3 rings (SSSR count). The molecule has 0 aliphatic rings. The number of aromatic hydroxyl groups is 1. The first kappa shape index (κ1) is 49.8. The zero-order valence-corrected chi connectivity index (χ0v) is 29.1. The fourth-order valence-corrected chi connectivity index (χ4v) is 2.98. The number of alkyl halides is 10. The number of nitrogens with zero attached hydrogens (tertiary/aromatic N) is 2. The minimum Gasteiger partial charge on any atom is -0.508 e. The molecule has 294 valence electrons. The molecule has 0 aliphatic heterocycles. The van der Waals surface area contributed by atoms with Gasteiger partial charge < -0.3 is 25.4 Å². The van der Waals surface area contributed by atoms with Crippen molar-refractivity contribution in [3.05, 3.63) is 129 Å². The van der Waals surface area contributed by atoms with Gasteiger partial charge in [-0.3, -0.25) is 20.2 Å². The van der Waals surface area contributed by atoms with Crippen LogP contribution in [0.25, 0.3) is 0 Å². The Morgan fingerprint density at radius 2 is 1.04 bits per heavy atom. The number of anilines is 1. The summed E-state index contributed by atoms with van der Waals surface area (Å²) in [6, 6.07) is 6.62. The first-order valence-electron chi connectivity index (χ1n) is 14.1. The van der Waals surface area contributed by atoms with Crippen LogP contribution in [-0.4, -0.2) is 45.2 Å². The number of nitrogens with two attached hydrogens (primary N) is 1. The summed E-state index contributed by atoms with van der Waals surface area (Å²) >= 11 is 3.13. The monoisotopic (exact) mass is 837 g/mol. The Labute approximate surface area is 304 Å². The summed E-state index contributed by atoms with van der Waals surface area (Å²) in [6.45, 7) is 12.2. The molecule has 0 saturated heterocycles. The van der Waals surface area contributed by atoms with Crippen LogP contribution in [0.2, 0.25) is 0 Å². The second-order valence-corrected chi connectivity index (χ2v) is 9.86. The summed E-state index contributed by atoms with van der Waals surface area (Å²) < 4.78 is 120. The van der Waals surface area contributed by atoms with Crippen molar-refractivity contribution < 1.29 is 69.0 Å². The molecule has 11 nitrogen and oxygen atoms in total. The average molecular weight is 839 g/mol. The third-order valence-electron chi connectivity index (χ3n) is 4.97. The standard InChI is InChI=1S/C10H8F3NO3.C10H10F3NO.C7H4F3NO3.C3H5Br.C2H6O/c1-2-3-17-9-5-7(10(11,12)13)4-8(6-9)14(15)16;1-2-3-15-9-5-7(10(11,12)13)4-8(14)6-9;8-7(9,10)4-1-5(11(13)14)3-6(12)2-4;1-2-3-4;1-2-3/h2,4-6H,1,3H2;2,4-6H,1,3,14H2;1-3,12H;2H,1,3H2;3H,2H2,1H3. The van der Waals surface area contributed by atoms with Crippen LogP contribution in [0.5, 0.6) is 17.2 Å². The van der Waals surface area contributed by atoms with Gasteiger partial charge in [-0.2, -0.15) is 39.5 Å². The second-order valence-electron chi connectivity index (χ2n) is 9.21. The molecule has 0 spiro atoms. The van der Waals surface area contributed by atoms with E-state index < -0.39 is 62.2 Å². The van der Waals surface area contributed by atoms with Crippen LogP contribution in [0.1, 0.15) is 23.6 Å². The highest BCUT2D eigenvalue weighted by Crippen LogP contribution is 2.36. The Kier molecular flexibility index (Phi) is 22.6. The van der Waals surface area contributed by atoms with E-state index in [1.54, 1.807) is 13.0 Å². The van der Waals surface area contributed by atoms with E-state index in [2.05, 4.69) is 35.7 Å². The number of nitro benzene ring substituents is 2. The maximum absolute atomic E-state index is 12.4. The van der Waals surface area contributed by atoms with Crippen LogP contribution in [-0.2, 0) is 18.5 Å². The molecule has 0 aliphatic carbocycles. The van der Waals surface area contributed by atoms with E-state index in [-0.39, 0.29) is 37.0 Å². The van der Waals surface area contributed by atoms with E-state index in [4.69, 9.17) is 25.4 Å². The largest absolute Gasteiger partial charge is 0.508 e. The Morgan fingerprint density at radius 3 is 1.38 bits per heavy atom. The first-order chi connectivity index (χ1) is 24.4. The molecule has 0 amide bonds. The number of phenols is 1. The molecule has 0 saturated carbocycles. The minimum absolute atomic E-state index is 0.0175. The van der Waals surface area contributed by atoms with Gasteiger partial charge in [0.05, 0.1) is 38.7 Å². The number of rotatable bonds is 9. The van der Waals surface area contributed by atoms with Gasteiger partial charge in [-0.25, -0.2) is 0 Å². The number of nitrogen functional groups attached to an aromatic ring is 1. The fourth-order valence-electron chi connectivity index (χ4n) is 2.98. The maximum Gasteiger partial charge on any atom is 0.416 e. The lowest BCUT2D eigenvalue weighted by atomic mass is 10.2. The molecule has 0 radical (unpaired) electrons. The summed E-state index contributed by atoms with van der Waals surface area (Å²) in [5, 5.41) is 37.9. The van der Waals surface area contributed by atoms with Crippen molar-refractivity contribution in [1.29, 1.82) is 0 Å². The summed E-state index contributed by atoms with van der Waals surface area (Å²) in [5.41, 5.74) is 0.694. The van der Waals surface area contributed by atoms with E-state index in [0.717, 1.165) is 23.5 Å². The van der Waals surface area contributed by atoms with Crippen molar-refractivity contribution >= 4 is 33.0 Å². The lowest BCUT2D eigenvalue weighted by Crippen LogP contribution is -2.06. The fraction of sp³-hybridized carbons (Fsp3) is 0.250. The molecule has 0 aromatic heterocycles. The highest BCUT2D eigenvalue weighted by molar-refractivity contribution is 9.09. The summed E-state index contributed by atoms with van der Waals surface area (Å²) in [7, 11) is 0. The van der Waals surface area contributed by atoms with Crippen molar-refractivity contribution in [3.8, 4) is 17.2 Å². The number of hydrogen-bond acceptors (Lipinski definition) is 9. The number of nitro groups is 2. The molecular formula is C32H33BrF9N3O8. The number of aliphatic hydroxyl groups is 1. The van der Waals surface area contributed by atoms with E-state index in [1.807, 2.05) is 0 Å². The quantitative estimate of drug-likeness (QED) is 0.0474. The molecular weight excluding hydrogens is 805 g/mol. The Hall–Kier alpha value is -5.31. The van der Waals surface area contributed by atoms with Crippen LogP contribution in [0.3, 0.4) is 0 Å². The van der Waals surface area contributed by atoms with Crippen molar-refractivity contribution in [2.45, 2.75) is 25.5 Å². The third-order valence-corrected chi connectivity index (χ3v) is 5.43. The molecule has 0 bridgehead atoms. The molecule has 3 aromatic carbocycles. The van der Waals surface area contributed by atoms with Crippen LogP contribution >= 0.6 is 15.9 Å². The molecule has 4 N–H and O–H groups in total. The summed E-state index contributed by atoms with van der Waals surface area (Å²) in [4.78, 5) is 18.7. The second kappa shape index (κ2) is 24.0. The van der Waals surface area contributed by atoms with E-state index in [0.29, 0.717) is 30.3 Å². The van der Waals surface area contributed by atoms with Crippen LogP contribution < -0.4 is 15.2 Å². The lowest BCUT2D eigenvalue weighted by Gasteiger charge is -2.10. The summed E-state index contributed by atoms with van der Waals surface area (Å²) in [5.74, 6) is -0.917. The molecule has 53 heavy (non-hydrogen) atoms. The van der Waals surface area contributed by atoms with E-state index in [9.17, 15) is 59.7 Å². The predicted molar refractivity (Wildman–Crippen MR) is 182 cm³/mol. The van der Waals surface area contributed by atoms with Gasteiger partial charge in [-0.05, 0) is 31.2 Å². The SMILES string of the molecule is C=CCBr.C=CCOc1cc(N)cc(C(F)(F)F)c1.C=CCOc1cc([N+](=O)[O-])cc(C(F)(F)F)c1.CCO.O=[N+]([O-])c1cc(O)cc(C(F)(F)F)c1. The molecule has 21 heteroatoms. The van der Waals surface area contributed by atoms with Crippen LogP contribution in [0.4, 0.5) is 56.6 Å². The minimum atomic E-state index is -4.70. The smallest absolute Gasteiger partial charge is 0.416 e. The predicted octanol–water partition coefficient (Wildman–Crippen LogP) is 9.92. The highest BCUT2D eigenvalue weighted by Gasteiger charge is 2.34. The number of allylic oxidation sites excluding steroid dienone is 1. The zero-order valence-electron chi connectivity index (χ0n) is 27.5. The highest BCUT2D eigenvalue weighted by atomic mass is 79.9. The zero-order chi connectivity index (χ0) is 41.6. The molecule has 3 aromatic rings. The van der Waals surface area contributed by atoms with Gasteiger partial charge in [0.25, 0.3) is 11.4 Å². The number of halogens is 10. The van der Waals surface area contributed by atoms with Crippen LogP contribution in [0.15, 0.2) is 92.6 Å². The van der Waals surface area contributed by atoms with Crippen molar-refractivity contribution in [1.82, 2.24) is 0 Å².